The van der Waals surface area contributed by atoms with Gasteiger partial charge in [-0.15, -0.1) is 11.3 Å². The summed E-state index contributed by atoms with van der Waals surface area (Å²) in [4.78, 5) is 9.54. The van der Waals surface area contributed by atoms with Gasteiger partial charge < -0.3 is 4.42 Å². The third-order valence-corrected chi connectivity index (χ3v) is 4.67. The van der Waals surface area contributed by atoms with Gasteiger partial charge in [0, 0.05) is 10.3 Å². The summed E-state index contributed by atoms with van der Waals surface area (Å²) < 4.78 is 6.89. The van der Waals surface area contributed by atoms with E-state index in [1.165, 1.54) is 6.33 Å². The number of halogens is 1. The molecule has 108 valence electrons. The minimum atomic E-state index is 0.549. The van der Waals surface area contributed by atoms with Crippen molar-refractivity contribution in [2.45, 2.75) is 0 Å². The van der Waals surface area contributed by atoms with Crippen molar-refractivity contribution in [1.29, 1.82) is 0 Å². The zero-order valence-corrected chi connectivity index (χ0v) is 13.6. The van der Waals surface area contributed by atoms with Crippen molar-refractivity contribution in [2.75, 3.05) is 5.43 Å². The van der Waals surface area contributed by atoms with E-state index >= 15 is 0 Å². The molecule has 7 heteroatoms. The van der Waals surface area contributed by atoms with Gasteiger partial charge in [0.15, 0.2) is 11.4 Å². The maximum atomic E-state index is 5.82. The lowest BCUT2D eigenvalue weighted by Gasteiger charge is -1.98. The molecule has 5 nitrogen and oxygen atoms in total. The molecule has 22 heavy (non-hydrogen) atoms. The van der Waals surface area contributed by atoms with Gasteiger partial charge in [0.05, 0.1) is 10.0 Å². The summed E-state index contributed by atoms with van der Waals surface area (Å²) in [5, 5.41) is 5.18. The van der Waals surface area contributed by atoms with E-state index in [0.717, 1.165) is 25.1 Å². The lowest BCUT2D eigenvalue weighted by Crippen LogP contribution is -1.94. The van der Waals surface area contributed by atoms with Gasteiger partial charge in [-0.1, -0.05) is 12.1 Å². The fourth-order valence-electron chi connectivity index (χ4n) is 2.16. The Kier molecular flexibility index (Phi) is 3.36. The van der Waals surface area contributed by atoms with E-state index in [9.17, 15) is 0 Å². The SMILES string of the molecule is Brc1ccc(/C=N\Nc2ncnc3c2oc2ccccc23)s1. The number of aromatic nitrogens is 2. The van der Waals surface area contributed by atoms with Crippen LogP contribution in [0.4, 0.5) is 5.82 Å². The minimum absolute atomic E-state index is 0.549. The van der Waals surface area contributed by atoms with Crippen LogP contribution in [0.15, 0.2) is 56.0 Å². The molecule has 3 heterocycles. The van der Waals surface area contributed by atoms with Crippen molar-refractivity contribution in [3.63, 3.8) is 0 Å². The molecular formula is C15H9BrN4OS. The first-order valence-electron chi connectivity index (χ1n) is 6.48. The maximum absolute atomic E-state index is 5.82. The van der Waals surface area contributed by atoms with E-state index in [-0.39, 0.29) is 0 Å². The lowest BCUT2D eigenvalue weighted by molar-refractivity contribution is 0.667. The van der Waals surface area contributed by atoms with Crippen LogP contribution in [0.1, 0.15) is 4.88 Å². The van der Waals surface area contributed by atoms with Crippen molar-refractivity contribution in [1.82, 2.24) is 9.97 Å². The van der Waals surface area contributed by atoms with Crippen molar-refractivity contribution in [3.05, 3.63) is 51.4 Å². The highest BCUT2D eigenvalue weighted by atomic mass is 79.9. The fraction of sp³-hybridized carbons (Fsp3) is 0. The topological polar surface area (TPSA) is 63.3 Å². The largest absolute Gasteiger partial charge is 0.450 e. The molecule has 0 bridgehead atoms. The second-order valence-electron chi connectivity index (χ2n) is 4.51. The first-order valence-corrected chi connectivity index (χ1v) is 8.09. The Morgan fingerprint density at radius 2 is 2.09 bits per heavy atom. The highest BCUT2D eigenvalue weighted by Gasteiger charge is 2.11. The number of anilines is 1. The van der Waals surface area contributed by atoms with E-state index in [1.54, 1.807) is 17.6 Å². The first-order chi connectivity index (χ1) is 10.8. The van der Waals surface area contributed by atoms with E-state index < -0.39 is 0 Å². The monoisotopic (exact) mass is 372 g/mol. The van der Waals surface area contributed by atoms with Crippen LogP contribution in [0.5, 0.6) is 0 Å². The van der Waals surface area contributed by atoms with E-state index in [1.807, 2.05) is 36.4 Å². The Balaban J connectivity index is 1.71. The van der Waals surface area contributed by atoms with Gasteiger partial charge in [-0.2, -0.15) is 5.10 Å². The number of benzene rings is 1. The standard InChI is InChI=1S/C15H9BrN4OS/c16-12-6-5-9(22-12)7-19-20-15-14-13(17-8-18-15)10-3-1-2-4-11(10)21-14/h1-8H,(H,17,18,20)/b19-7-. The number of hydrogen-bond acceptors (Lipinski definition) is 6. The van der Waals surface area contributed by atoms with Gasteiger partial charge in [0.1, 0.15) is 17.4 Å². The quantitative estimate of drug-likeness (QED) is 0.420. The number of hydrogen-bond donors (Lipinski definition) is 1. The average molecular weight is 373 g/mol. The summed E-state index contributed by atoms with van der Waals surface area (Å²) in [6.07, 6.45) is 3.25. The van der Waals surface area contributed by atoms with Crippen molar-refractivity contribution < 1.29 is 4.42 Å². The maximum Gasteiger partial charge on any atom is 0.197 e. The molecule has 0 spiro atoms. The number of thiophene rings is 1. The predicted molar refractivity (Wildman–Crippen MR) is 92.5 cm³/mol. The van der Waals surface area contributed by atoms with Crippen LogP contribution in [-0.2, 0) is 0 Å². The molecule has 0 aliphatic carbocycles. The van der Waals surface area contributed by atoms with Crippen LogP contribution in [0.25, 0.3) is 22.1 Å². The highest BCUT2D eigenvalue weighted by molar-refractivity contribution is 9.11. The minimum Gasteiger partial charge on any atom is -0.450 e. The van der Waals surface area contributed by atoms with Crippen LogP contribution < -0.4 is 5.43 Å². The van der Waals surface area contributed by atoms with Crippen LogP contribution in [-0.4, -0.2) is 16.2 Å². The van der Waals surface area contributed by atoms with Crippen LogP contribution in [0, 0.1) is 0 Å². The normalized spacial score (nSPS) is 11.7. The molecule has 1 N–H and O–H groups in total. The molecule has 0 fully saturated rings. The summed E-state index contributed by atoms with van der Waals surface area (Å²) in [7, 11) is 0. The fourth-order valence-corrected chi connectivity index (χ4v) is 3.45. The van der Waals surface area contributed by atoms with Gasteiger partial charge in [-0.3, -0.25) is 5.43 Å². The molecule has 1 aromatic carbocycles. The Bertz CT molecular complexity index is 991. The van der Waals surface area contributed by atoms with E-state index in [4.69, 9.17) is 4.42 Å². The predicted octanol–water partition coefficient (Wildman–Crippen LogP) is 4.65. The molecule has 0 aliphatic rings. The number of para-hydroxylation sites is 1. The molecule has 0 saturated heterocycles. The molecule has 4 aromatic rings. The summed E-state index contributed by atoms with van der Waals surface area (Å²) >= 11 is 5.02. The molecule has 0 aliphatic heterocycles. The molecular weight excluding hydrogens is 364 g/mol. The summed E-state index contributed by atoms with van der Waals surface area (Å²) in [5.41, 5.74) is 5.09. The first kappa shape index (κ1) is 13.4. The van der Waals surface area contributed by atoms with E-state index in [0.29, 0.717) is 11.4 Å². The molecule has 3 aromatic heterocycles. The molecule has 0 atom stereocenters. The number of nitrogens with zero attached hydrogens (tertiary/aromatic N) is 3. The van der Waals surface area contributed by atoms with Crippen molar-refractivity contribution >= 4 is 61.4 Å². The number of furan rings is 1. The summed E-state index contributed by atoms with van der Waals surface area (Å²) in [5.74, 6) is 0.549. The molecule has 0 amide bonds. The van der Waals surface area contributed by atoms with Gasteiger partial charge >= 0.3 is 0 Å². The van der Waals surface area contributed by atoms with Crippen molar-refractivity contribution in [2.24, 2.45) is 5.10 Å². The lowest BCUT2D eigenvalue weighted by atomic mass is 10.2. The third kappa shape index (κ3) is 2.38. The van der Waals surface area contributed by atoms with Crippen LogP contribution in [0.2, 0.25) is 0 Å². The highest BCUT2D eigenvalue weighted by Crippen LogP contribution is 2.30. The zero-order chi connectivity index (χ0) is 14.9. The molecule has 0 unspecified atom stereocenters. The number of rotatable bonds is 3. The molecule has 0 saturated carbocycles. The van der Waals surface area contributed by atoms with Crippen LogP contribution in [0.3, 0.4) is 0 Å². The Hall–Kier alpha value is -2.25. The van der Waals surface area contributed by atoms with Gasteiger partial charge in [-0.25, -0.2) is 9.97 Å². The zero-order valence-electron chi connectivity index (χ0n) is 11.2. The molecule has 4 rings (SSSR count). The Morgan fingerprint density at radius 1 is 1.18 bits per heavy atom. The van der Waals surface area contributed by atoms with Crippen LogP contribution >= 0.6 is 27.3 Å². The second-order valence-corrected chi connectivity index (χ2v) is 7.00. The Morgan fingerprint density at radius 3 is 2.95 bits per heavy atom. The van der Waals surface area contributed by atoms with Crippen molar-refractivity contribution in [3.8, 4) is 0 Å². The van der Waals surface area contributed by atoms with Gasteiger partial charge in [0.2, 0.25) is 0 Å². The van der Waals surface area contributed by atoms with Gasteiger partial charge in [-0.05, 0) is 40.2 Å². The molecule has 0 radical (unpaired) electrons. The van der Waals surface area contributed by atoms with E-state index in [2.05, 4.69) is 36.4 Å². The summed E-state index contributed by atoms with van der Waals surface area (Å²) in [6, 6.07) is 11.7. The smallest absolute Gasteiger partial charge is 0.197 e. The average Bonchev–Trinajstić information content (AvgIpc) is 3.11. The van der Waals surface area contributed by atoms with Gasteiger partial charge in [0.25, 0.3) is 0 Å². The third-order valence-electron chi connectivity index (χ3n) is 3.11. The number of nitrogens with one attached hydrogen (secondary N) is 1. The summed E-state index contributed by atoms with van der Waals surface area (Å²) in [6.45, 7) is 0. The Labute approximate surface area is 137 Å². The number of hydrazone groups is 1. The number of fused-ring (bicyclic) bond motifs is 3. The second kappa shape index (κ2) is 5.51.